The van der Waals surface area contributed by atoms with Gasteiger partial charge >= 0.3 is 0 Å². The Bertz CT molecular complexity index is 322. The van der Waals surface area contributed by atoms with Gasteiger partial charge in [-0.1, -0.05) is 13.8 Å². The molecule has 1 heterocycles. The van der Waals surface area contributed by atoms with Crippen LogP contribution in [0.4, 0.5) is 5.82 Å². The van der Waals surface area contributed by atoms with E-state index in [0.29, 0.717) is 11.3 Å². The second-order valence-corrected chi connectivity index (χ2v) is 5.56. The van der Waals surface area contributed by atoms with Gasteiger partial charge in [-0.15, -0.1) is 0 Å². The Morgan fingerprint density at radius 3 is 2.47 bits per heavy atom. The third kappa shape index (κ3) is 2.16. The van der Waals surface area contributed by atoms with Crippen LogP contribution >= 0.6 is 0 Å². The zero-order valence-electron chi connectivity index (χ0n) is 9.95. The summed E-state index contributed by atoms with van der Waals surface area (Å²) in [6.45, 7) is 4.71. The minimum absolute atomic E-state index is 0.525. The molecule has 1 aromatic rings. The Labute approximate surface area is 91.7 Å². The quantitative estimate of drug-likeness (QED) is 0.769. The number of aryl methyl sites for hydroxylation is 1. The highest BCUT2D eigenvalue weighted by Crippen LogP contribution is 2.42. The number of nitrogens with two attached hydrogens (primary N) is 1. The van der Waals surface area contributed by atoms with Crippen molar-refractivity contribution in [2.45, 2.75) is 45.4 Å². The Balaban J connectivity index is 2.07. The molecule has 0 amide bonds. The summed E-state index contributed by atoms with van der Waals surface area (Å²) in [4.78, 5) is 0. The average Bonchev–Trinajstić information content (AvgIpc) is 2.47. The van der Waals surface area contributed by atoms with Gasteiger partial charge in [-0.25, -0.2) is 0 Å². The van der Waals surface area contributed by atoms with E-state index in [-0.39, 0.29) is 0 Å². The fourth-order valence-electron chi connectivity index (χ4n) is 2.40. The maximum absolute atomic E-state index is 5.80. The molecule has 1 fully saturated rings. The molecule has 0 aromatic carbocycles. The average molecular weight is 207 g/mol. The van der Waals surface area contributed by atoms with E-state index in [9.17, 15) is 0 Å². The second-order valence-electron chi connectivity index (χ2n) is 5.56. The van der Waals surface area contributed by atoms with Crippen LogP contribution in [0.25, 0.3) is 0 Å². The molecule has 0 saturated heterocycles. The summed E-state index contributed by atoms with van der Waals surface area (Å²) in [7, 11) is 1.91. The summed E-state index contributed by atoms with van der Waals surface area (Å²) in [6.07, 6.45) is 5.11. The molecule has 0 aliphatic heterocycles. The largest absolute Gasteiger partial charge is 0.384 e. The van der Waals surface area contributed by atoms with Gasteiger partial charge in [0, 0.05) is 19.0 Å². The maximum atomic E-state index is 5.80. The Kier molecular flexibility index (Phi) is 2.49. The number of hydrogen-bond acceptors (Lipinski definition) is 2. The normalized spacial score (nSPS) is 21.8. The van der Waals surface area contributed by atoms with Crippen LogP contribution in [-0.4, -0.2) is 9.78 Å². The smallest absolute Gasteiger partial charge is 0.121 e. The standard InChI is InChI=1S/C12H21N3/c1-12(2)6-4-9(5-7-12)10-8-11(13)15(3)14-10/h8-9H,4-7,13H2,1-3H3. The zero-order chi connectivity index (χ0) is 11.1. The molecule has 0 radical (unpaired) electrons. The van der Waals surface area contributed by atoms with Gasteiger partial charge in [0.05, 0.1) is 5.69 Å². The van der Waals surface area contributed by atoms with Crippen LogP contribution in [0, 0.1) is 5.41 Å². The molecule has 2 N–H and O–H groups in total. The molecule has 0 spiro atoms. The minimum atomic E-state index is 0.525. The van der Waals surface area contributed by atoms with Crippen molar-refractivity contribution in [3.05, 3.63) is 11.8 Å². The van der Waals surface area contributed by atoms with Crippen molar-refractivity contribution >= 4 is 5.82 Å². The van der Waals surface area contributed by atoms with Crippen molar-refractivity contribution in [1.29, 1.82) is 0 Å². The SMILES string of the molecule is Cn1nc(C2CCC(C)(C)CC2)cc1N. The van der Waals surface area contributed by atoms with Crippen LogP contribution in [-0.2, 0) is 7.05 Å². The number of anilines is 1. The molecule has 3 nitrogen and oxygen atoms in total. The first-order valence-electron chi connectivity index (χ1n) is 5.77. The number of rotatable bonds is 1. The number of hydrogen-bond donors (Lipinski definition) is 1. The molecular formula is C12H21N3. The van der Waals surface area contributed by atoms with E-state index in [1.54, 1.807) is 4.68 Å². The first-order chi connectivity index (χ1) is 6.98. The van der Waals surface area contributed by atoms with Gasteiger partial charge in [0.2, 0.25) is 0 Å². The number of nitrogens with zero attached hydrogens (tertiary/aromatic N) is 2. The van der Waals surface area contributed by atoms with Crippen LogP contribution in [0.5, 0.6) is 0 Å². The molecule has 84 valence electrons. The van der Waals surface area contributed by atoms with Crippen molar-refractivity contribution in [3.63, 3.8) is 0 Å². The molecule has 15 heavy (non-hydrogen) atoms. The molecule has 1 saturated carbocycles. The van der Waals surface area contributed by atoms with Gasteiger partial charge in [0.15, 0.2) is 0 Å². The summed E-state index contributed by atoms with van der Waals surface area (Å²) >= 11 is 0. The molecule has 1 aliphatic carbocycles. The Morgan fingerprint density at radius 1 is 1.40 bits per heavy atom. The van der Waals surface area contributed by atoms with Crippen molar-refractivity contribution < 1.29 is 0 Å². The predicted molar refractivity (Wildman–Crippen MR) is 62.6 cm³/mol. The Hall–Kier alpha value is -0.990. The third-order valence-electron chi connectivity index (χ3n) is 3.69. The van der Waals surface area contributed by atoms with Gasteiger partial charge in [-0.05, 0) is 31.1 Å². The van der Waals surface area contributed by atoms with E-state index in [4.69, 9.17) is 5.73 Å². The first kappa shape index (κ1) is 10.5. The molecule has 2 rings (SSSR count). The highest BCUT2D eigenvalue weighted by molar-refractivity contribution is 5.32. The lowest BCUT2D eigenvalue weighted by Crippen LogP contribution is -2.20. The highest BCUT2D eigenvalue weighted by Gasteiger charge is 2.28. The van der Waals surface area contributed by atoms with Gasteiger partial charge in [0.1, 0.15) is 5.82 Å². The molecular weight excluding hydrogens is 186 g/mol. The third-order valence-corrected chi connectivity index (χ3v) is 3.69. The van der Waals surface area contributed by atoms with Crippen LogP contribution in [0.1, 0.15) is 51.1 Å². The van der Waals surface area contributed by atoms with Crippen LogP contribution in [0.3, 0.4) is 0 Å². The molecule has 0 bridgehead atoms. The maximum Gasteiger partial charge on any atom is 0.121 e. The van der Waals surface area contributed by atoms with E-state index in [2.05, 4.69) is 18.9 Å². The predicted octanol–water partition coefficient (Wildman–Crippen LogP) is 2.69. The van der Waals surface area contributed by atoms with E-state index in [1.807, 2.05) is 13.1 Å². The van der Waals surface area contributed by atoms with Gasteiger partial charge in [0.25, 0.3) is 0 Å². The lowest BCUT2D eigenvalue weighted by molar-refractivity contribution is 0.222. The van der Waals surface area contributed by atoms with Crippen LogP contribution in [0.15, 0.2) is 6.07 Å². The Morgan fingerprint density at radius 2 is 2.00 bits per heavy atom. The summed E-state index contributed by atoms with van der Waals surface area (Å²) < 4.78 is 1.77. The fourth-order valence-corrected chi connectivity index (χ4v) is 2.40. The molecule has 0 unspecified atom stereocenters. The van der Waals surface area contributed by atoms with E-state index >= 15 is 0 Å². The topological polar surface area (TPSA) is 43.8 Å². The van der Waals surface area contributed by atoms with Crippen molar-refractivity contribution in [1.82, 2.24) is 9.78 Å². The zero-order valence-corrected chi connectivity index (χ0v) is 9.95. The summed E-state index contributed by atoms with van der Waals surface area (Å²) in [6, 6.07) is 2.03. The minimum Gasteiger partial charge on any atom is -0.384 e. The summed E-state index contributed by atoms with van der Waals surface area (Å²) in [5.74, 6) is 1.40. The number of nitrogen functional groups attached to an aromatic ring is 1. The lowest BCUT2D eigenvalue weighted by Gasteiger charge is -2.33. The van der Waals surface area contributed by atoms with Gasteiger partial charge < -0.3 is 5.73 Å². The van der Waals surface area contributed by atoms with Crippen LogP contribution in [0.2, 0.25) is 0 Å². The monoisotopic (exact) mass is 207 g/mol. The van der Waals surface area contributed by atoms with Gasteiger partial charge in [-0.3, -0.25) is 4.68 Å². The fraction of sp³-hybridized carbons (Fsp3) is 0.750. The number of aromatic nitrogens is 2. The highest BCUT2D eigenvalue weighted by atomic mass is 15.3. The summed E-state index contributed by atoms with van der Waals surface area (Å²) in [5.41, 5.74) is 7.51. The van der Waals surface area contributed by atoms with Gasteiger partial charge in [-0.2, -0.15) is 5.10 Å². The van der Waals surface area contributed by atoms with E-state index in [1.165, 1.54) is 31.4 Å². The molecule has 0 atom stereocenters. The molecule has 1 aliphatic rings. The van der Waals surface area contributed by atoms with Crippen molar-refractivity contribution in [2.24, 2.45) is 12.5 Å². The van der Waals surface area contributed by atoms with Crippen molar-refractivity contribution in [3.8, 4) is 0 Å². The first-order valence-corrected chi connectivity index (χ1v) is 5.77. The lowest BCUT2D eigenvalue weighted by atomic mass is 9.72. The summed E-state index contributed by atoms with van der Waals surface area (Å²) in [5, 5.41) is 4.47. The van der Waals surface area contributed by atoms with E-state index in [0.717, 1.165) is 5.82 Å². The second kappa shape index (κ2) is 3.54. The van der Waals surface area contributed by atoms with Crippen LogP contribution < -0.4 is 5.73 Å². The van der Waals surface area contributed by atoms with E-state index < -0.39 is 0 Å². The molecule has 3 heteroatoms. The van der Waals surface area contributed by atoms with Crippen molar-refractivity contribution in [2.75, 3.05) is 5.73 Å². The molecule has 1 aromatic heterocycles.